The molecule has 0 saturated heterocycles. The molecule has 0 saturated carbocycles. The van der Waals surface area contributed by atoms with E-state index in [2.05, 4.69) is 23.6 Å². The van der Waals surface area contributed by atoms with Gasteiger partial charge in [-0.25, -0.2) is 0 Å². The molecule has 1 rings (SSSR count). The molecule has 4 nitrogen and oxygen atoms in total. The standard InChI is InChI=1S/C10H20N4S/c1-7(15-4)5-6-12-10-9(11)8(2)13-14(10)3/h7,12H,5-6,11H2,1-4H3. The SMILES string of the molecule is CSC(C)CCNc1c(N)c(C)nn1C. The summed E-state index contributed by atoms with van der Waals surface area (Å²) in [6, 6.07) is 0. The van der Waals surface area contributed by atoms with E-state index in [1.54, 1.807) is 4.68 Å². The van der Waals surface area contributed by atoms with E-state index in [1.165, 1.54) is 0 Å². The minimum absolute atomic E-state index is 0.674. The maximum atomic E-state index is 5.90. The monoisotopic (exact) mass is 228 g/mol. The van der Waals surface area contributed by atoms with Gasteiger partial charge in [-0.2, -0.15) is 16.9 Å². The molecule has 0 bridgehead atoms. The molecule has 5 heteroatoms. The molecule has 1 unspecified atom stereocenters. The predicted molar refractivity (Wildman–Crippen MR) is 68.4 cm³/mol. The van der Waals surface area contributed by atoms with Crippen molar-refractivity contribution in [1.29, 1.82) is 0 Å². The van der Waals surface area contributed by atoms with Gasteiger partial charge in [-0.05, 0) is 19.6 Å². The van der Waals surface area contributed by atoms with Crippen LogP contribution in [0.1, 0.15) is 19.0 Å². The van der Waals surface area contributed by atoms with Crippen molar-refractivity contribution in [2.45, 2.75) is 25.5 Å². The molecule has 1 aromatic heterocycles. The lowest BCUT2D eigenvalue weighted by molar-refractivity contribution is 0.751. The second-order valence-corrected chi connectivity index (χ2v) is 5.01. The zero-order valence-corrected chi connectivity index (χ0v) is 10.7. The van der Waals surface area contributed by atoms with Crippen LogP contribution in [0.5, 0.6) is 0 Å². The average Bonchev–Trinajstić information content (AvgIpc) is 2.44. The molecule has 0 fully saturated rings. The van der Waals surface area contributed by atoms with E-state index in [4.69, 9.17) is 5.73 Å². The molecule has 0 radical (unpaired) electrons. The highest BCUT2D eigenvalue weighted by Gasteiger charge is 2.09. The van der Waals surface area contributed by atoms with E-state index in [0.29, 0.717) is 5.25 Å². The fraction of sp³-hybridized carbons (Fsp3) is 0.700. The van der Waals surface area contributed by atoms with Gasteiger partial charge in [0.15, 0.2) is 0 Å². The molecular formula is C10H20N4S. The van der Waals surface area contributed by atoms with Gasteiger partial charge in [0.05, 0.1) is 11.4 Å². The maximum Gasteiger partial charge on any atom is 0.147 e. The number of hydrogen-bond acceptors (Lipinski definition) is 4. The molecule has 0 amide bonds. The Hall–Kier alpha value is -0.840. The predicted octanol–water partition coefficient (Wildman–Crippen LogP) is 1.86. The van der Waals surface area contributed by atoms with E-state index < -0.39 is 0 Å². The average molecular weight is 228 g/mol. The Morgan fingerprint density at radius 2 is 2.27 bits per heavy atom. The van der Waals surface area contributed by atoms with Crippen LogP contribution >= 0.6 is 11.8 Å². The van der Waals surface area contributed by atoms with Crippen molar-refractivity contribution in [1.82, 2.24) is 9.78 Å². The summed E-state index contributed by atoms with van der Waals surface area (Å²) in [6.45, 7) is 5.08. The Kier molecular flexibility index (Phi) is 4.32. The molecule has 0 aromatic carbocycles. The lowest BCUT2D eigenvalue weighted by Gasteiger charge is -2.10. The Morgan fingerprint density at radius 1 is 1.60 bits per heavy atom. The molecule has 0 aliphatic heterocycles. The number of aromatic nitrogens is 2. The zero-order chi connectivity index (χ0) is 11.4. The third-order valence-corrected chi connectivity index (χ3v) is 3.55. The first-order valence-electron chi connectivity index (χ1n) is 5.12. The summed E-state index contributed by atoms with van der Waals surface area (Å²) < 4.78 is 1.80. The van der Waals surface area contributed by atoms with Crippen LogP contribution in [0.15, 0.2) is 0 Å². The summed E-state index contributed by atoms with van der Waals surface area (Å²) in [5, 5.41) is 8.26. The molecule has 1 atom stereocenters. The van der Waals surface area contributed by atoms with Gasteiger partial charge < -0.3 is 11.1 Å². The molecule has 15 heavy (non-hydrogen) atoms. The van der Waals surface area contributed by atoms with Gasteiger partial charge in [-0.15, -0.1) is 0 Å². The lowest BCUT2D eigenvalue weighted by atomic mass is 10.3. The van der Waals surface area contributed by atoms with Crippen LogP contribution in [0.4, 0.5) is 11.5 Å². The number of nitrogens with zero attached hydrogens (tertiary/aromatic N) is 2. The van der Waals surface area contributed by atoms with Gasteiger partial charge in [0.25, 0.3) is 0 Å². The van der Waals surface area contributed by atoms with Crippen LogP contribution in [0.2, 0.25) is 0 Å². The second-order valence-electron chi connectivity index (χ2n) is 3.73. The summed E-state index contributed by atoms with van der Waals surface area (Å²) in [5.41, 5.74) is 7.55. The fourth-order valence-corrected chi connectivity index (χ4v) is 1.75. The molecule has 86 valence electrons. The molecule has 0 spiro atoms. The number of thioether (sulfide) groups is 1. The van der Waals surface area contributed by atoms with E-state index in [-0.39, 0.29) is 0 Å². The van der Waals surface area contributed by atoms with Crippen LogP contribution in [0, 0.1) is 6.92 Å². The smallest absolute Gasteiger partial charge is 0.147 e. The van der Waals surface area contributed by atoms with Crippen LogP contribution < -0.4 is 11.1 Å². The van der Waals surface area contributed by atoms with Crippen LogP contribution in [-0.4, -0.2) is 27.8 Å². The van der Waals surface area contributed by atoms with Crippen molar-refractivity contribution in [2.75, 3.05) is 23.9 Å². The number of nitrogen functional groups attached to an aromatic ring is 1. The van der Waals surface area contributed by atoms with Gasteiger partial charge in [-0.3, -0.25) is 4.68 Å². The highest BCUT2D eigenvalue weighted by molar-refractivity contribution is 7.99. The Morgan fingerprint density at radius 3 is 2.73 bits per heavy atom. The van der Waals surface area contributed by atoms with Crippen LogP contribution in [0.3, 0.4) is 0 Å². The molecule has 0 aliphatic rings. The summed E-state index contributed by atoms with van der Waals surface area (Å²) in [4.78, 5) is 0. The van der Waals surface area contributed by atoms with Crippen molar-refractivity contribution in [3.05, 3.63) is 5.69 Å². The minimum atomic E-state index is 0.674. The maximum absolute atomic E-state index is 5.90. The normalized spacial score (nSPS) is 12.8. The Labute approximate surface area is 95.6 Å². The van der Waals surface area contributed by atoms with E-state index in [1.807, 2.05) is 25.7 Å². The lowest BCUT2D eigenvalue weighted by Crippen LogP contribution is -2.11. The van der Waals surface area contributed by atoms with E-state index in [0.717, 1.165) is 30.2 Å². The van der Waals surface area contributed by atoms with Crippen molar-refractivity contribution in [3.63, 3.8) is 0 Å². The quantitative estimate of drug-likeness (QED) is 0.807. The third-order valence-electron chi connectivity index (χ3n) is 2.51. The molecular weight excluding hydrogens is 208 g/mol. The third kappa shape index (κ3) is 3.06. The van der Waals surface area contributed by atoms with Crippen molar-refractivity contribution in [2.24, 2.45) is 7.05 Å². The highest BCUT2D eigenvalue weighted by atomic mass is 32.2. The Balaban J connectivity index is 2.50. The first kappa shape index (κ1) is 12.2. The van der Waals surface area contributed by atoms with Crippen LogP contribution in [0.25, 0.3) is 0 Å². The highest BCUT2D eigenvalue weighted by Crippen LogP contribution is 2.21. The largest absolute Gasteiger partial charge is 0.394 e. The van der Waals surface area contributed by atoms with E-state index in [9.17, 15) is 0 Å². The van der Waals surface area contributed by atoms with E-state index >= 15 is 0 Å². The number of nitrogens with two attached hydrogens (primary N) is 1. The van der Waals surface area contributed by atoms with Gasteiger partial charge in [0, 0.05) is 18.8 Å². The van der Waals surface area contributed by atoms with Crippen molar-refractivity contribution < 1.29 is 0 Å². The first-order valence-corrected chi connectivity index (χ1v) is 6.40. The summed E-state index contributed by atoms with van der Waals surface area (Å²) in [7, 11) is 1.91. The number of rotatable bonds is 5. The first-order chi connectivity index (χ1) is 7.06. The minimum Gasteiger partial charge on any atom is -0.394 e. The van der Waals surface area contributed by atoms with Gasteiger partial charge in [-0.1, -0.05) is 6.92 Å². The summed E-state index contributed by atoms with van der Waals surface area (Å²) in [5.74, 6) is 0.931. The Bertz CT molecular complexity index is 321. The van der Waals surface area contributed by atoms with Gasteiger partial charge >= 0.3 is 0 Å². The summed E-state index contributed by atoms with van der Waals surface area (Å²) >= 11 is 1.88. The number of hydrogen-bond donors (Lipinski definition) is 2. The second kappa shape index (κ2) is 5.30. The van der Waals surface area contributed by atoms with Gasteiger partial charge in [0.1, 0.15) is 5.82 Å². The summed E-state index contributed by atoms with van der Waals surface area (Å²) in [6.07, 6.45) is 3.26. The molecule has 1 heterocycles. The zero-order valence-electron chi connectivity index (χ0n) is 9.87. The van der Waals surface area contributed by atoms with Crippen molar-refractivity contribution in [3.8, 4) is 0 Å². The van der Waals surface area contributed by atoms with Crippen LogP contribution in [-0.2, 0) is 7.05 Å². The molecule has 1 aromatic rings. The topological polar surface area (TPSA) is 55.9 Å². The van der Waals surface area contributed by atoms with Crippen molar-refractivity contribution >= 4 is 23.3 Å². The number of anilines is 2. The molecule has 0 aliphatic carbocycles. The van der Waals surface area contributed by atoms with Gasteiger partial charge in [0.2, 0.25) is 0 Å². The number of nitrogens with one attached hydrogen (secondary N) is 1. The molecule has 3 N–H and O–H groups in total. The fourth-order valence-electron chi connectivity index (χ4n) is 1.40. The number of aryl methyl sites for hydroxylation is 2.